The molecular weight excluding hydrogens is 122 g/mol. The third-order valence-corrected chi connectivity index (χ3v) is 2.10. The van der Waals surface area contributed by atoms with Gasteiger partial charge in [0.05, 0.1) is 6.54 Å². The molecule has 0 N–H and O–H groups in total. The van der Waals surface area contributed by atoms with Gasteiger partial charge in [-0.05, 0) is 12.8 Å². The Bertz CT molecular complexity index is 211. The van der Waals surface area contributed by atoms with Gasteiger partial charge in [-0.1, -0.05) is 23.8 Å². The molecule has 0 amide bonds. The lowest BCUT2D eigenvalue weighted by Crippen LogP contribution is -2.10. The third kappa shape index (κ3) is 0.919. The van der Waals surface area contributed by atoms with Crippen LogP contribution in [0.4, 0.5) is 0 Å². The fraction of sp³-hybridized carbons (Fsp3) is 0.444. The van der Waals surface area contributed by atoms with Crippen molar-refractivity contribution in [3.8, 4) is 0 Å². The predicted octanol–water partition coefficient (Wildman–Crippen LogP) is 1.96. The van der Waals surface area contributed by atoms with Crippen molar-refractivity contribution in [3.63, 3.8) is 0 Å². The minimum atomic E-state index is 0.544. The summed E-state index contributed by atoms with van der Waals surface area (Å²) in [6, 6.07) is 0. The molecular formula is C9H11N. The summed E-state index contributed by atoms with van der Waals surface area (Å²) in [6.07, 6.45) is 11.3. The van der Waals surface area contributed by atoms with Gasteiger partial charge >= 0.3 is 0 Å². The Morgan fingerprint density at radius 2 is 2.50 bits per heavy atom. The lowest BCUT2D eigenvalue weighted by Gasteiger charge is -2.18. The van der Waals surface area contributed by atoms with Gasteiger partial charge in [0.2, 0.25) is 0 Å². The highest BCUT2D eigenvalue weighted by molar-refractivity contribution is 5.69. The molecule has 0 radical (unpaired) electrons. The minimum absolute atomic E-state index is 0.544. The monoisotopic (exact) mass is 133 g/mol. The van der Waals surface area contributed by atoms with Gasteiger partial charge in [-0.2, -0.15) is 0 Å². The first kappa shape index (κ1) is 5.90. The molecule has 1 aliphatic carbocycles. The van der Waals surface area contributed by atoms with Crippen LogP contribution >= 0.6 is 0 Å². The second-order valence-electron chi connectivity index (χ2n) is 2.79. The van der Waals surface area contributed by atoms with Gasteiger partial charge in [-0.15, -0.1) is 0 Å². The van der Waals surface area contributed by atoms with Gasteiger partial charge in [0.1, 0.15) is 0 Å². The van der Waals surface area contributed by atoms with Crippen LogP contribution in [0, 0.1) is 5.92 Å². The van der Waals surface area contributed by atoms with Crippen LogP contribution in [0.15, 0.2) is 28.8 Å². The van der Waals surface area contributed by atoms with E-state index in [0.29, 0.717) is 5.92 Å². The van der Waals surface area contributed by atoms with Gasteiger partial charge in [0.15, 0.2) is 0 Å². The standard InChI is InChI=1S/C9H11N/c1-2-4-9-7-10-6-5-8(9)3-1/h2,4-5,7,9H,1,3,6H2. The van der Waals surface area contributed by atoms with E-state index >= 15 is 0 Å². The van der Waals surface area contributed by atoms with Crippen LogP contribution in [0.5, 0.6) is 0 Å². The van der Waals surface area contributed by atoms with Crippen molar-refractivity contribution < 1.29 is 0 Å². The zero-order valence-electron chi connectivity index (χ0n) is 5.96. The average molecular weight is 133 g/mol. The van der Waals surface area contributed by atoms with E-state index in [1.807, 2.05) is 0 Å². The first-order valence-corrected chi connectivity index (χ1v) is 3.82. The lowest BCUT2D eigenvalue weighted by atomic mass is 9.89. The summed E-state index contributed by atoms with van der Waals surface area (Å²) in [6.45, 7) is 0.902. The van der Waals surface area contributed by atoms with Crippen molar-refractivity contribution in [1.82, 2.24) is 0 Å². The molecule has 52 valence electrons. The number of hydrogen-bond acceptors (Lipinski definition) is 1. The molecule has 0 saturated carbocycles. The first-order chi connectivity index (χ1) is 4.97. The van der Waals surface area contributed by atoms with Crippen molar-refractivity contribution in [2.24, 2.45) is 10.9 Å². The van der Waals surface area contributed by atoms with E-state index in [1.165, 1.54) is 12.8 Å². The number of dihydropyridines is 1. The molecule has 1 aliphatic heterocycles. The Labute approximate surface area is 61.2 Å². The largest absolute Gasteiger partial charge is 0.292 e. The molecule has 1 unspecified atom stereocenters. The number of fused-ring (bicyclic) bond motifs is 1. The van der Waals surface area contributed by atoms with E-state index in [1.54, 1.807) is 5.57 Å². The van der Waals surface area contributed by atoms with Crippen LogP contribution in [0.3, 0.4) is 0 Å². The Morgan fingerprint density at radius 1 is 1.50 bits per heavy atom. The van der Waals surface area contributed by atoms with Gasteiger partial charge in [0, 0.05) is 12.1 Å². The van der Waals surface area contributed by atoms with E-state index in [0.717, 1.165) is 6.54 Å². The molecule has 2 aliphatic rings. The van der Waals surface area contributed by atoms with Crippen molar-refractivity contribution in [3.05, 3.63) is 23.8 Å². The normalized spacial score (nSPS) is 29.6. The second kappa shape index (κ2) is 2.41. The molecule has 0 aromatic rings. The predicted molar refractivity (Wildman–Crippen MR) is 43.3 cm³/mol. The van der Waals surface area contributed by atoms with Gasteiger partial charge < -0.3 is 0 Å². The molecule has 1 heteroatoms. The van der Waals surface area contributed by atoms with Crippen LogP contribution in [0.1, 0.15) is 12.8 Å². The Kier molecular flexibility index (Phi) is 1.42. The second-order valence-corrected chi connectivity index (χ2v) is 2.79. The SMILES string of the molecule is C1=CC2C=NCC=C2CC1. The number of hydrogen-bond donors (Lipinski definition) is 0. The van der Waals surface area contributed by atoms with Gasteiger partial charge in [0.25, 0.3) is 0 Å². The fourth-order valence-corrected chi connectivity index (χ4v) is 1.51. The quantitative estimate of drug-likeness (QED) is 0.448. The average Bonchev–Trinajstić information content (AvgIpc) is 2.05. The molecule has 0 fully saturated rings. The summed E-state index contributed by atoms with van der Waals surface area (Å²) in [5, 5.41) is 0. The molecule has 1 nitrogen and oxygen atoms in total. The maximum Gasteiger partial charge on any atom is 0.0569 e. The van der Waals surface area contributed by atoms with Crippen molar-refractivity contribution >= 4 is 6.21 Å². The van der Waals surface area contributed by atoms with Gasteiger partial charge in [-0.3, -0.25) is 4.99 Å². The van der Waals surface area contributed by atoms with Crippen LogP contribution < -0.4 is 0 Å². The molecule has 2 rings (SSSR count). The zero-order chi connectivity index (χ0) is 6.81. The molecule has 0 aromatic heterocycles. The third-order valence-electron chi connectivity index (χ3n) is 2.10. The van der Waals surface area contributed by atoms with Crippen molar-refractivity contribution in [2.75, 3.05) is 6.54 Å². The molecule has 0 spiro atoms. The van der Waals surface area contributed by atoms with Crippen molar-refractivity contribution in [2.45, 2.75) is 12.8 Å². The van der Waals surface area contributed by atoms with Crippen LogP contribution in [-0.4, -0.2) is 12.8 Å². The molecule has 1 atom stereocenters. The molecule has 10 heavy (non-hydrogen) atoms. The van der Waals surface area contributed by atoms with E-state index in [-0.39, 0.29) is 0 Å². The molecule has 0 bridgehead atoms. The highest BCUT2D eigenvalue weighted by Gasteiger charge is 2.13. The Morgan fingerprint density at radius 3 is 3.40 bits per heavy atom. The van der Waals surface area contributed by atoms with Crippen LogP contribution in [0.2, 0.25) is 0 Å². The fourth-order valence-electron chi connectivity index (χ4n) is 1.51. The maximum absolute atomic E-state index is 4.21. The van der Waals surface area contributed by atoms with Crippen LogP contribution in [-0.2, 0) is 0 Å². The topological polar surface area (TPSA) is 12.4 Å². The maximum atomic E-state index is 4.21. The molecule has 1 heterocycles. The van der Waals surface area contributed by atoms with Gasteiger partial charge in [-0.25, -0.2) is 0 Å². The minimum Gasteiger partial charge on any atom is -0.292 e. The number of nitrogens with zero attached hydrogens (tertiary/aromatic N) is 1. The zero-order valence-corrected chi connectivity index (χ0v) is 5.96. The summed E-state index contributed by atoms with van der Waals surface area (Å²) in [4.78, 5) is 4.21. The summed E-state index contributed by atoms with van der Waals surface area (Å²) >= 11 is 0. The van der Waals surface area contributed by atoms with E-state index in [2.05, 4.69) is 29.4 Å². The smallest absolute Gasteiger partial charge is 0.0569 e. The molecule has 0 aromatic carbocycles. The van der Waals surface area contributed by atoms with E-state index in [9.17, 15) is 0 Å². The van der Waals surface area contributed by atoms with E-state index in [4.69, 9.17) is 0 Å². The highest BCUT2D eigenvalue weighted by atomic mass is 14.7. The summed E-state index contributed by atoms with van der Waals surface area (Å²) < 4.78 is 0. The van der Waals surface area contributed by atoms with E-state index < -0.39 is 0 Å². The number of allylic oxidation sites excluding steroid dienone is 3. The summed E-state index contributed by atoms with van der Waals surface area (Å²) in [7, 11) is 0. The summed E-state index contributed by atoms with van der Waals surface area (Å²) in [5.41, 5.74) is 1.57. The Balaban J connectivity index is 2.26. The van der Waals surface area contributed by atoms with Crippen molar-refractivity contribution in [1.29, 1.82) is 0 Å². The van der Waals surface area contributed by atoms with Crippen LogP contribution in [0.25, 0.3) is 0 Å². The first-order valence-electron chi connectivity index (χ1n) is 3.82. The lowest BCUT2D eigenvalue weighted by molar-refractivity contribution is 0.815. The summed E-state index contributed by atoms with van der Waals surface area (Å²) in [5.74, 6) is 0.544. The highest BCUT2D eigenvalue weighted by Crippen LogP contribution is 2.23. The Hall–Kier alpha value is -0.850. The number of rotatable bonds is 0. The number of aliphatic imine (C=N–C) groups is 1. The molecule has 0 saturated heterocycles.